The maximum Gasteiger partial charge on any atom is 0.138 e. The Hall–Kier alpha value is -0.550. The molecule has 0 aliphatic rings. The Balaban J connectivity index is 2.15. The molecule has 1 rings (SSSR count). The maximum atomic E-state index is 3.82. The Kier molecular flexibility index (Phi) is 3.25. The van der Waals surface area contributed by atoms with Crippen molar-refractivity contribution in [2.45, 2.75) is 12.8 Å². The highest BCUT2D eigenvalue weighted by Crippen LogP contribution is 2.00. The van der Waals surface area contributed by atoms with Crippen LogP contribution in [0, 0.1) is 0 Å². The van der Waals surface area contributed by atoms with E-state index in [0.717, 1.165) is 24.4 Å². The highest BCUT2D eigenvalue weighted by Gasteiger charge is 1.95. The zero-order chi connectivity index (χ0) is 7.23. The van der Waals surface area contributed by atoms with Crippen LogP contribution in [0.4, 0.5) is 0 Å². The average molecular weight is 158 g/mol. The molecule has 1 N–H and O–H groups in total. The second kappa shape index (κ2) is 4.29. The summed E-state index contributed by atoms with van der Waals surface area (Å²) in [7, 11) is 1.94. The molecule has 0 aromatic carbocycles. The van der Waals surface area contributed by atoms with Gasteiger partial charge in [-0.15, -0.1) is 5.10 Å². The summed E-state index contributed by atoms with van der Waals surface area (Å²) in [4.78, 5) is 0. The van der Waals surface area contributed by atoms with E-state index in [4.69, 9.17) is 0 Å². The molecule has 0 saturated carbocycles. The second-order valence-electron chi connectivity index (χ2n) is 1.96. The molecule has 1 aromatic heterocycles. The van der Waals surface area contributed by atoms with Gasteiger partial charge >= 0.3 is 0 Å². The first-order valence-corrected chi connectivity index (χ1v) is 3.99. The number of nitrogens with zero attached hydrogens (tertiary/aromatic N) is 3. The van der Waals surface area contributed by atoms with E-state index < -0.39 is 0 Å². The van der Waals surface area contributed by atoms with Gasteiger partial charge in [0, 0.05) is 18.0 Å². The molecule has 10 heavy (non-hydrogen) atoms. The van der Waals surface area contributed by atoms with Gasteiger partial charge in [-0.1, -0.05) is 4.49 Å². The molecule has 0 fully saturated rings. The highest BCUT2D eigenvalue weighted by atomic mass is 32.1. The predicted molar refractivity (Wildman–Crippen MR) is 40.0 cm³/mol. The summed E-state index contributed by atoms with van der Waals surface area (Å²) in [5, 5.41) is 11.4. The van der Waals surface area contributed by atoms with E-state index in [2.05, 4.69) is 20.1 Å². The Morgan fingerprint density at radius 3 is 3.10 bits per heavy atom. The Labute approximate surface area is 63.8 Å². The van der Waals surface area contributed by atoms with Crippen LogP contribution in [0.3, 0.4) is 0 Å². The number of aryl methyl sites for hydroxylation is 1. The first kappa shape index (κ1) is 7.56. The van der Waals surface area contributed by atoms with Crippen molar-refractivity contribution in [2.75, 3.05) is 13.6 Å². The van der Waals surface area contributed by atoms with Crippen LogP contribution in [0.2, 0.25) is 0 Å². The van der Waals surface area contributed by atoms with Gasteiger partial charge in [0.05, 0.1) is 0 Å². The molecule has 0 aliphatic heterocycles. The van der Waals surface area contributed by atoms with Gasteiger partial charge < -0.3 is 5.32 Å². The van der Waals surface area contributed by atoms with E-state index in [1.54, 1.807) is 0 Å². The fourth-order valence-electron chi connectivity index (χ4n) is 0.664. The van der Waals surface area contributed by atoms with Gasteiger partial charge in [-0.25, -0.2) is 0 Å². The number of nitrogens with one attached hydrogen (secondary N) is 1. The highest BCUT2D eigenvalue weighted by molar-refractivity contribution is 7.05. The molecule has 1 aromatic rings. The summed E-state index contributed by atoms with van der Waals surface area (Å²) >= 11 is 1.37. The fraction of sp³-hybridized carbons (Fsp3) is 0.800. The van der Waals surface area contributed by atoms with Crippen LogP contribution >= 0.6 is 11.5 Å². The summed E-state index contributed by atoms with van der Waals surface area (Å²) in [6.45, 7) is 1.03. The summed E-state index contributed by atoms with van der Waals surface area (Å²) in [5.74, 6) is 0. The molecule has 1 heterocycles. The number of hydrogen-bond acceptors (Lipinski definition) is 5. The van der Waals surface area contributed by atoms with E-state index in [9.17, 15) is 0 Å². The molecule has 4 nitrogen and oxygen atoms in total. The Morgan fingerprint density at radius 2 is 2.50 bits per heavy atom. The van der Waals surface area contributed by atoms with Crippen molar-refractivity contribution in [3.8, 4) is 0 Å². The maximum absolute atomic E-state index is 3.82. The topological polar surface area (TPSA) is 50.7 Å². The van der Waals surface area contributed by atoms with Gasteiger partial charge in [-0.05, 0) is 25.2 Å². The third-order valence-corrected chi connectivity index (χ3v) is 1.81. The van der Waals surface area contributed by atoms with E-state index in [-0.39, 0.29) is 0 Å². The van der Waals surface area contributed by atoms with Crippen LogP contribution in [0.1, 0.15) is 11.4 Å². The van der Waals surface area contributed by atoms with Crippen LogP contribution in [0.5, 0.6) is 0 Å². The molecular formula is C5H10N4S. The molecule has 0 spiro atoms. The first-order valence-electron chi connectivity index (χ1n) is 3.22. The lowest BCUT2D eigenvalue weighted by molar-refractivity contribution is 0.716. The zero-order valence-electron chi connectivity index (χ0n) is 5.87. The van der Waals surface area contributed by atoms with Crippen LogP contribution in [0.15, 0.2) is 0 Å². The predicted octanol–water partition coefficient (Wildman–Crippen LogP) is 0.0851. The van der Waals surface area contributed by atoms with Gasteiger partial charge in [-0.3, -0.25) is 0 Å². The van der Waals surface area contributed by atoms with Gasteiger partial charge in [0.2, 0.25) is 0 Å². The molecule has 0 radical (unpaired) electrons. The normalized spacial score (nSPS) is 10.1. The number of rotatable bonds is 4. The van der Waals surface area contributed by atoms with E-state index >= 15 is 0 Å². The van der Waals surface area contributed by atoms with Crippen molar-refractivity contribution in [1.82, 2.24) is 20.1 Å². The Bertz CT molecular complexity index is 162. The van der Waals surface area contributed by atoms with Gasteiger partial charge in [0.25, 0.3) is 0 Å². The Morgan fingerprint density at radius 1 is 1.60 bits per heavy atom. The number of aromatic nitrogens is 3. The van der Waals surface area contributed by atoms with Gasteiger partial charge in [0.1, 0.15) is 5.01 Å². The van der Waals surface area contributed by atoms with E-state index in [1.165, 1.54) is 11.5 Å². The average Bonchev–Trinajstić information content (AvgIpc) is 2.41. The largest absolute Gasteiger partial charge is 0.320 e. The summed E-state index contributed by atoms with van der Waals surface area (Å²) in [6, 6.07) is 0. The monoisotopic (exact) mass is 158 g/mol. The minimum absolute atomic E-state index is 0.985. The first-order chi connectivity index (χ1) is 4.93. The smallest absolute Gasteiger partial charge is 0.138 e. The fourth-order valence-corrected chi connectivity index (χ4v) is 1.14. The van der Waals surface area contributed by atoms with Crippen LogP contribution in [-0.2, 0) is 6.42 Å². The summed E-state index contributed by atoms with van der Waals surface area (Å²) in [5.41, 5.74) is 0. The molecule has 0 aliphatic carbocycles. The van der Waals surface area contributed by atoms with Crippen molar-refractivity contribution in [2.24, 2.45) is 0 Å². The standard InChI is InChI=1S/C5H10N4S/c1-6-4-2-3-5-7-8-9-10-5/h6H,2-4H2,1H3. The van der Waals surface area contributed by atoms with Gasteiger partial charge in [0.15, 0.2) is 0 Å². The number of hydrogen-bond donors (Lipinski definition) is 1. The third kappa shape index (κ3) is 2.36. The molecule has 0 unspecified atom stereocenters. The van der Waals surface area contributed by atoms with Crippen molar-refractivity contribution < 1.29 is 0 Å². The van der Waals surface area contributed by atoms with Crippen molar-refractivity contribution in [3.63, 3.8) is 0 Å². The van der Waals surface area contributed by atoms with Crippen molar-refractivity contribution >= 4 is 11.5 Å². The molecule has 0 atom stereocenters. The third-order valence-electron chi connectivity index (χ3n) is 1.16. The van der Waals surface area contributed by atoms with E-state index in [0.29, 0.717) is 0 Å². The van der Waals surface area contributed by atoms with Crippen LogP contribution in [0.25, 0.3) is 0 Å². The van der Waals surface area contributed by atoms with Crippen molar-refractivity contribution in [3.05, 3.63) is 5.01 Å². The molecule has 0 amide bonds. The SMILES string of the molecule is CNCCCc1nnns1. The molecule has 0 bridgehead atoms. The van der Waals surface area contributed by atoms with E-state index in [1.807, 2.05) is 7.05 Å². The molecule has 5 heteroatoms. The van der Waals surface area contributed by atoms with Crippen LogP contribution in [-0.4, -0.2) is 28.4 Å². The molecular weight excluding hydrogens is 148 g/mol. The summed E-state index contributed by atoms with van der Waals surface area (Å²) in [6.07, 6.45) is 2.09. The second-order valence-corrected chi connectivity index (χ2v) is 2.78. The van der Waals surface area contributed by atoms with Gasteiger partial charge in [-0.2, -0.15) is 0 Å². The lowest BCUT2D eigenvalue weighted by atomic mass is 10.3. The lowest BCUT2D eigenvalue weighted by Crippen LogP contribution is -2.08. The molecule has 56 valence electrons. The lowest BCUT2D eigenvalue weighted by Gasteiger charge is -1.93. The van der Waals surface area contributed by atoms with Crippen molar-refractivity contribution in [1.29, 1.82) is 0 Å². The minimum atomic E-state index is 0.985. The summed E-state index contributed by atoms with van der Waals surface area (Å²) < 4.78 is 3.66. The molecule has 0 saturated heterocycles. The van der Waals surface area contributed by atoms with Crippen LogP contribution < -0.4 is 5.32 Å². The zero-order valence-corrected chi connectivity index (χ0v) is 6.69. The minimum Gasteiger partial charge on any atom is -0.320 e. The quantitative estimate of drug-likeness (QED) is 0.631.